The highest BCUT2D eigenvalue weighted by atomic mass is 31.1. The van der Waals surface area contributed by atoms with Crippen LogP contribution in [0.5, 0.6) is 0 Å². The van der Waals surface area contributed by atoms with Crippen molar-refractivity contribution in [2.75, 3.05) is 0 Å². The van der Waals surface area contributed by atoms with E-state index in [9.17, 15) is 171 Å². The number of hydrogen-bond donors (Lipinski definition) is 0. The molecular formula is C18F39P. The van der Waals surface area contributed by atoms with Crippen LogP contribution in [0.2, 0.25) is 0 Å². The zero-order valence-corrected chi connectivity index (χ0v) is 25.1. The Hall–Kier alpha value is -2.30. The number of hydrogen-bond acceptors (Lipinski definition) is 0. The van der Waals surface area contributed by atoms with E-state index >= 15 is 0 Å². The minimum absolute atomic E-state index is 8.72. The molecule has 0 heterocycles. The second kappa shape index (κ2) is 13.3. The maximum atomic E-state index is 14.6. The van der Waals surface area contributed by atoms with Gasteiger partial charge in [-0.2, -0.15) is 171 Å². The molecule has 0 amide bonds. The molecule has 0 spiro atoms. The Morgan fingerprint density at radius 1 is 0.138 bits per heavy atom. The first-order chi connectivity index (χ1) is 24.1. The minimum Gasteiger partial charge on any atom is -0.194 e. The van der Waals surface area contributed by atoms with Gasteiger partial charge in [0.1, 0.15) is 7.92 Å². The topological polar surface area (TPSA) is 0 Å². The van der Waals surface area contributed by atoms with Crippen LogP contribution in [0, 0.1) is 0 Å². The van der Waals surface area contributed by atoms with Crippen molar-refractivity contribution in [2.45, 2.75) is 107 Å². The Balaban J connectivity index is 9.13. The van der Waals surface area contributed by atoms with Crippen LogP contribution in [-0.2, 0) is 0 Å². The first-order valence-corrected chi connectivity index (χ1v) is 13.1. The van der Waals surface area contributed by atoms with Crippen LogP contribution >= 0.6 is 7.92 Å². The summed E-state index contributed by atoms with van der Waals surface area (Å²) in [7, 11) is -11.0. The lowest BCUT2D eigenvalue weighted by Gasteiger charge is -2.49. The van der Waals surface area contributed by atoms with E-state index in [0.29, 0.717) is 0 Å². The van der Waals surface area contributed by atoms with E-state index in [-0.39, 0.29) is 0 Å². The summed E-state index contributed by atoms with van der Waals surface area (Å²) in [6.07, 6.45) is -26.2. The van der Waals surface area contributed by atoms with Crippen LogP contribution in [0.1, 0.15) is 0 Å². The van der Waals surface area contributed by atoms with Gasteiger partial charge in [-0.05, 0) is 0 Å². The van der Waals surface area contributed by atoms with Crippen LogP contribution in [0.25, 0.3) is 0 Å². The van der Waals surface area contributed by atoms with Crippen molar-refractivity contribution in [3.63, 3.8) is 0 Å². The molecule has 0 rings (SSSR count). The first-order valence-electron chi connectivity index (χ1n) is 11.8. The van der Waals surface area contributed by atoms with Crippen molar-refractivity contribution in [1.82, 2.24) is 0 Å². The van der Waals surface area contributed by atoms with Crippen LogP contribution in [-0.4, -0.2) is 107 Å². The Bertz CT molecular complexity index is 1300. The lowest BCUT2D eigenvalue weighted by atomic mass is 9.97. The fourth-order valence-electron chi connectivity index (χ4n) is 3.23. The van der Waals surface area contributed by atoms with Gasteiger partial charge in [0.2, 0.25) is 0 Å². The third-order valence-electron chi connectivity index (χ3n) is 6.59. The van der Waals surface area contributed by atoms with Crippen molar-refractivity contribution in [2.24, 2.45) is 0 Å². The summed E-state index contributed by atoms with van der Waals surface area (Å²) in [6.45, 7) is 0. The quantitative estimate of drug-likeness (QED) is 0.113. The Kier molecular flexibility index (Phi) is 12.8. The SMILES string of the molecule is FC(F)(F)C(F)(F)C(F)(F)C(F)(F)C(F)(F)C(F)(F)P(C(F)(F)C(F)(F)C(F)(F)C(F)(F)C(F)(F)C(F)(F)F)C(F)(F)C(F)(F)C(F)(F)C(F)(F)C(F)(F)C(F)(F)F. The predicted octanol–water partition coefficient (Wildman–Crippen LogP) is 13.6. The van der Waals surface area contributed by atoms with E-state index in [1.54, 1.807) is 0 Å². The number of alkyl halides is 39. The highest BCUT2D eigenvalue weighted by molar-refractivity contribution is 7.61. The minimum atomic E-state index is -11.0. The third-order valence-corrected chi connectivity index (χ3v) is 9.12. The zero-order chi connectivity index (χ0) is 48.6. The van der Waals surface area contributed by atoms with Crippen molar-refractivity contribution in [1.29, 1.82) is 0 Å². The number of halogens is 39. The summed E-state index contributed by atoms with van der Waals surface area (Å²) < 4.78 is 525. The molecule has 0 N–H and O–H groups in total. The summed E-state index contributed by atoms with van der Waals surface area (Å²) in [5, 5.41) is 0. The first kappa shape index (κ1) is 55.7. The maximum Gasteiger partial charge on any atom is 0.460 e. The monoisotopic (exact) mass is 988 g/mol. The van der Waals surface area contributed by atoms with Gasteiger partial charge in [-0.3, -0.25) is 0 Å². The molecule has 0 unspecified atom stereocenters. The van der Waals surface area contributed by atoms with Crippen LogP contribution < -0.4 is 0 Å². The number of rotatable bonds is 15. The average molecular weight is 988 g/mol. The van der Waals surface area contributed by atoms with Gasteiger partial charge >= 0.3 is 107 Å². The molecule has 0 aliphatic carbocycles. The molecule has 0 radical (unpaired) electrons. The summed E-state index contributed by atoms with van der Waals surface area (Å²) >= 11 is 0. The second-order valence-electron chi connectivity index (χ2n) is 10.3. The molecule has 0 aliphatic heterocycles. The molecule has 0 fully saturated rings. The molecule has 350 valence electrons. The zero-order valence-electron chi connectivity index (χ0n) is 24.2. The third kappa shape index (κ3) is 6.57. The summed E-state index contributed by atoms with van der Waals surface area (Å²) in [6, 6.07) is 0. The molecule has 0 atom stereocenters. The summed E-state index contributed by atoms with van der Waals surface area (Å²) in [4.78, 5) is 0. The Labute approximate surface area is 287 Å². The van der Waals surface area contributed by atoms with E-state index in [4.69, 9.17) is 0 Å². The highest BCUT2D eigenvalue weighted by Crippen LogP contribution is 2.84. The fourth-order valence-corrected chi connectivity index (χ4v) is 5.56. The molecule has 0 aromatic carbocycles. The normalized spacial score (nSPS) is 17.4. The molecule has 0 aliphatic rings. The Morgan fingerprint density at radius 2 is 0.241 bits per heavy atom. The summed E-state index contributed by atoms with van der Waals surface area (Å²) in [5.41, 5.74) is -32.2. The predicted molar refractivity (Wildman–Crippen MR) is 99.3 cm³/mol. The van der Waals surface area contributed by atoms with E-state index in [2.05, 4.69) is 0 Å². The van der Waals surface area contributed by atoms with Gasteiger partial charge in [-0.15, -0.1) is 0 Å². The molecule has 0 saturated carbocycles. The maximum absolute atomic E-state index is 14.6. The van der Waals surface area contributed by atoms with Gasteiger partial charge in [-0.1, -0.05) is 0 Å². The fraction of sp³-hybridized carbons (Fsp3) is 1.00. The van der Waals surface area contributed by atoms with E-state index in [1.165, 1.54) is 0 Å². The van der Waals surface area contributed by atoms with Crippen LogP contribution in [0.15, 0.2) is 0 Å². The summed E-state index contributed by atoms with van der Waals surface area (Å²) in [5.74, 6) is -120. The molecule has 40 heteroatoms. The van der Waals surface area contributed by atoms with Gasteiger partial charge in [0.05, 0.1) is 0 Å². The molecular weight excluding hydrogens is 988 g/mol. The molecule has 0 nitrogen and oxygen atoms in total. The van der Waals surface area contributed by atoms with Crippen LogP contribution in [0.4, 0.5) is 171 Å². The van der Waals surface area contributed by atoms with Gasteiger partial charge in [0.25, 0.3) is 0 Å². The van der Waals surface area contributed by atoms with Crippen LogP contribution in [0.3, 0.4) is 0 Å². The van der Waals surface area contributed by atoms with Gasteiger partial charge in [0.15, 0.2) is 0 Å². The van der Waals surface area contributed by atoms with E-state index < -0.39 is 115 Å². The van der Waals surface area contributed by atoms with Crippen molar-refractivity contribution >= 4 is 7.92 Å². The Morgan fingerprint density at radius 3 is 0.345 bits per heavy atom. The lowest BCUT2D eigenvalue weighted by molar-refractivity contribution is -0.440. The largest absolute Gasteiger partial charge is 0.460 e. The van der Waals surface area contributed by atoms with Gasteiger partial charge in [-0.25, -0.2) is 0 Å². The molecule has 0 saturated heterocycles. The molecule has 0 aromatic heterocycles. The van der Waals surface area contributed by atoms with Gasteiger partial charge < -0.3 is 0 Å². The second-order valence-corrected chi connectivity index (χ2v) is 12.7. The van der Waals surface area contributed by atoms with E-state index in [0.717, 1.165) is 0 Å². The molecule has 0 bridgehead atoms. The average Bonchev–Trinajstić information content (AvgIpc) is 2.93. The molecule has 58 heavy (non-hydrogen) atoms. The highest BCUT2D eigenvalue weighted by Gasteiger charge is 3.01. The van der Waals surface area contributed by atoms with Crippen molar-refractivity contribution in [3.05, 3.63) is 0 Å². The van der Waals surface area contributed by atoms with Crippen molar-refractivity contribution in [3.8, 4) is 0 Å². The standard InChI is InChI=1S/C18F39P/c19-1(20,7(31,32)13(43,44)45)4(25,26)10(37,38)16(52,53)58(17(54,55)11(39,40)5(27,28)2(21,22)8(33,34)14(46,47)48)18(56,57)12(41,42)6(29,30)3(23,24)9(35,36)15(49,50)51. The van der Waals surface area contributed by atoms with Crippen molar-refractivity contribution < 1.29 is 171 Å². The van der Waals surface area contributed by atoms with E-state index in [1.807, 2.05) is 0 Å². The van der Waals surface area contributed by atoms with Gasteiger partial charge in [0, 0.05) is 0 Å². The smallest absolute Gasteiger partial charge is 0.194 e. The molecule has 0 aromatic rings. The lowest BCUT2D eigenvalue weighted by Crippen LogP contribution is -2.74.